The molecule has 0 aliphatic carbocycles. The van der Waals surface area contributed by atoms with E-state index in [2.05, 4.69) is 20.8 Å². The van der Waals surface area contributed by atoms with Crippen molar-refractivity contribution in [1.82, 2.24) is 0 Å². The number of rotatable bonds is 15. The Morgan fingerprint density at radius 2 is 0.674 bits per heavy atom. The maximum Gasteiger partial charge on any atom is 0.294 e. The van der Waals surface area contributed by atoms with Crippen LogP contribution in [0.25, 0.3) is 0 Å². The first kappa shape index (κ1) is 35.3. The van der Waals surface area contributed by atoms with E-state index in [1.807, 2.05) is 0 Å². The Labute approximate surface area is 256 Å². The summed E-state index contributed by atoms with van der Waals surface area (Å²) >= 11 is 0. The van der Waals surface area contributed by atoms with Gasteiger partial charge in [-0.1, -0.05) is 84.4 Å². The van der Waals surface area contributed by atoms with E-state index in [4.69, 9.17) is 0 Å². The molecule has 3 aromatic carbocycles. The molecule has 13 heteroatoms. The summed E-state index contributed by atoms with van der Waals surface area (Å²) in [5, 5.41) is 0. The third kappa shape index (κ3) is 9.17. The van der Waals surface area contributed by atoms with Crippen molar-refractivity contribution in [1.29, 1.82) is 0 Å². The maximum atomic E-state index is 11.8. The van der Waals surface area contributed by atoms with E-state index in [1.165, 1.54) is 36.4 Å². The zero-order valence-electron chi connectivity index (χ0n) is 24.4. The lowest BCUT2D eigenvalue weighted by Gasteiger charge is -2.41. The molecule has 0 radical (unpaired) electrons. The number of benzene rings is 3. The molecule has 3 unspecified atom stereocenters. The molecule has 43 heavy (non-hydrogen) atoms. The lowest BCUT2D eigenvalue weighted by atomic mass is 10.1. The molecule has 0 heterocycles. The van der Waals surface area contributed by atoms with Gasteiger partial charge in [-0.05, 0) is 72.4 Å². The Kier molecular flexibility index (Phi) is 12.1. The van der Waals surface area contributed by atoms with Gasteiger partial charge in [-0.25, -0.2) is 0 Å². The lowest BCUT2D eigenvalue weighted by molar-refractivity contribution is 0.481. The van der Waals surface area contributed by atoms with Crippen molar-refractivity contribution in [2.24, 2.45) is 0 Å². The topological polar surface area (TPSA) is 163 Å². The third-order valence-electron chi connectivity index (χ3n) is 7.45. The minimum Gasteiger partial charge on any atom is -0.282 e. The van der Waals surface area contributed by atoms with Crippen LogP contribution in [-0.4, -0.2) is 38.9 Å². The molecule has 0 spiro atoms. The number of hydrogen-bond acceptors (Lipinski definition) is 6. The fourth-order valence-corrected chi connectivity index (χ4v) is 11.5. The van der Waals surface area contributed by atoms with Crippen LogP contribution in [0.1, 0.15) is 93.0 Å². The Balaban J connectivity index is 2.29. The van der Waals surface area contributed by atoms with Crippen LogP contribution in [0.2, 0.25) is 0 Å². The standard InChI is InChI=1S/C30H39O9PS3/c1-4-7-28(22-10-16-25(17-11-22)41(31,32)33)40(29(8-5-2)23-12-18-26(19-13-23)42(34,35)36)30(9-6-3)24-14-20-27(21-15-24)43(37,38)39/h10-21,28-30H,4-9H2,1-3H3,(H,31,32,33)(H,34,35,36)(H,37,38,39). The summed E-state index contributed by atoms with van der Waals surface area (Å²) < 4.78 is 99.3. The predicted molar refractivity (Wildman–Crippen MR) is 169 cm³/mol. The first-order chi connectivity index (χ1) is 20.1. The van der Waals surface area contributed by atoms with E-state index in [9.17, 15) is 38.9 Å². The molecule has 3 atom stereocenters. The molecular weight excluding hydrogens is 631 g/mol. The molecular formula is C30H39O9PS3. The van der Waals surface area contributed by atoms with Crippen molar-refractivity contribution in [3.05, 3.63) is 89.5 Å². The second kappa shape index (κ2) is 14.7. The van der Waals surface area contributed by atoms with Crippen molar-refractivity contribution < 1.29 is 38.9 Å². The molecule has 0 aromatic heterocycles. The normalized spacial score (nSPS) is 15.5. The van der Waals surface area contributed by atoms with Gasteiger partial charge in [-0.15, -0.1) is 0 Å². The van der Waals surface area contributed by atoms with Gasteiger partial charge in [0.15, 0.2) is 0 Å². The fraction of sp³-hybridized carbons (Fsp3) is 0.400. The molecule has 0 bridgehead atoms. The average molecular weight is 671 g/mol. The van der Waals surface area contributed by atoms with E-state index in [1.54, 1.807) is 36.4 Å². The van der Waals surface area contributed by atoms with Gasteiger partial charge in [0, 0.05) is 17.0 Å². The molecule has 3 rings (SSSR count). The van der Waals surface area contributed by atoms with E-state index < -0.39 is 38.3 Å². The third-order valence-corrected chi connectivity index (χ3v) is 13.9. The van der Waals surface area contributed by atoms with Gasteiger partial charge in [0.25, 0.3) is 30.4 Å². The smallest absolute Gasteiger partial charge is 0.282 e. The van der Waals surface area contributed by atoms with Gasteiger partial charge in [-0.3, -0.25) is 13.7 Å². The van der Waals surface area contributed by atoms with Crippen molar-refractivity contribution in [2.75, 3.05) is 0 Å². The molecule has 0 fully saturated rings. The highest BCUT2D eigenvalue weighted by atomic mass is 32.2. The maximum absolute atomic E-state index is 11.8. The minimum atomic E-state index is -4.38. The first-order valence-electron chi connectivity index (χ1n) is 14.1. The zero-order chi connectivity index (χ0) is 32.0. The van der Waals surface area contributed by atoms with Crippen LogP contribution < -0.4 is 0 Å². The molecule has 3 N–H and O–H groups in total. The highest BCUT2D eigenvalue weighted by molar-refractivity contribution is 7.86. The van der Waals surface area contributed by atoms with Gasteiger partial charge in [0.05, 0.1) is 14.7 Å². The van der Waals surface area contributed by atoms with Crippen molar-refractivity contribution in [2.45, 2.75) is 91.0 Å². The lowest BCUT2D eigenvalue weighted by Crippen LogP contribution is -2.13. The minimum absolute atomic E-state index is 0.0361. The highest BCUT2D eigenvalue weighted by Crippen LogP contribution is 2.73. The van der Waals surface area contributed by atoms with E-state index in [0.717, 1.165) is 55.2 Å². The van der Waals surface area contributed by atoms with Gasteiger partial charge >= 0.3 is 0 Å². The van der Waals surface area contributed by atoms with Crippen LogP contribution in [0.15, 0.2) is 87.5 Å². The van der Waals surface area contributed by atoms with E-state index in [0.29, 0.717) is 0 Å². The van der Waals surface area contributed by atoms with Crippen LogP contribution >= 0.6 is 7.92 Å². The summed E-state index contributed by atoms with van der Waals surface area (Å²) in [6.07, 6.45) is 4.77. The molecule has 0 saturated carbocycles. The Morgan fingerprint density at radius 3 is 0.837 bits per heavy atom. The molecule has 3 aromatic rings. The highest BCUT2D eigenvalue weighted by Gasteiger charge is 2.37. The molecule has 0 saturated heterocycles. The Hall–Kier alpha value is -2.18. The fourth-order valence-electron chi connectivity index (χ4n) is 5.52. The monoisotopic (exact) mass is 670 g/mol. The van der Waals surface area contributed by atoms with Crippen LogP contribution in [0.4, 0.5) is 0 Å². The summed E-state index contributed by atoms with van der Waals surface area (Å²) in [5.41, 5.74) is 2.62. The predicted octanol–water partition coefficient (Wildman–Crippen LogP) is 7.83. The molecule has 236 valence electrons. The Morgan fingerprint density at radius 1 is 0.465 bits per heavy atom. The SMILES string of the molecule is CCCC(c1ccc(S(=O)(=O)O)cc1)P(C(CCC)c1ccc(S(=O)(=O)O)cc1)C(CCC)c1ccc(S(=O)(=O)O)cc1. The summed E-state index contributed by atoms with van der Waals surface area (Å²) in [7, 11) is -14.2. The van der Waals surface area contributed by atoms with Gasteiger partial charge in [0.2, 0.25) is 0 Å². The van der Waals surface area contributed by atoms with Crippen molar-refractivity contribution in [3.63, 3.8) is 0 Å². The largest absolute Gasteiger partial charge is 0.294 e. The molecule has 0 amide bonds. The van der Waals surface area contributed by atoms with E-state index >= 15 is 0 Å². The van der Waals surface area contributed by atoms with Crippen LogP contribution in [0.5, 0.6) is 0 Å². The summed E-state index contributed by atoms with van der Waals surface area (Å²) in [5.74, 6) is 0. The van der Waals surface area contributed by atoms with Crippen LogP contribution in [0, 0.1) is 0 Å². The summed E-state index contributed by atoms with van der Waals surface area (Å²) in [6.45, 7) is 6.20. The van der Waals surface area contributed by atoms with Crippen LogP contribution in [0.3, 0.4) is 0 Å². The van der Waals surface area contributed by atoms with Crippen molar-refractivity contribution >= 4 is 38.3 Å². The quantitative estimate of drug-likeness (QED) is 0.108. The van der Waals surface area contributed by atoms with Crippen molar-refractivity contribution in [3.8, 4) is 0 Å². The van der Waals surface area contributed by atoms with Gasteiger partial charge in [-0.2, -0.15) is 25.3 Å². The molecule has 0 aliphatic heterocycles. The van der Waals surface area contributed by atoms with E-state index in [-0.39, 0.29) is 31.7 Å². The summed E-state index contributed by atoms with van der Waals surface area (Å²) in [6, 6.07) is 18.7. The Bertz CT molecular complexity index is 1470. The van der Waals surface area contributed by atoms with Crippen LogP contribution in [-0.2, 0) is 30.4 Å². The zero-order valence-corrected chi connectivity index (χ0v) is 27.7. The van der Waals surface area contributed by atoms with Gasteiger partial charge in [0.1, 0.15) is 0 Å². The first-order valence-corrected chi connectivity index (χ1v) is 20.0. The number of hydrogen-bond donors (Lipinski definition) is 3. The average Bonchev–Trinajstić information content (AvgIpc) is 2.94. The molecule has 9 nitrogen and oxygen atoms in total. The second-order valence-electron chi connectivity index (χ2n) is 10.5. The second-order valence-corrected chi connectivity index (χ2v) is 17.5. The van der Waals surface area contributed by atoms with Gasteiger partial charge < -0.3 is 0 Å². The summed E-state index contributed by atoms with van der Waals surface area (Å²) in [4.78, 5) is -0.604. The molecule has 0 aliphatic rings.